The molecule has 1 fully saturated rings. The van der Waals surface area contributed by atoms with Crippen molar-refractivity contribution < 1.29 is 9.84 Å². The zero-order chi connectivity index (χ0) is 18.3. The van der Waals surface area contributed by atoms with Crippen LogP contribution >= 0.6 is 0 Å². The molecule has 0 saturated heterocycles. The van der Waals surface area contributed by atoms with Crippen molar-refractivity contribution in [2.45, 2.75) is 64.1 Å². The number of aromatic nitrogens is 1. The van der Waals surface area contributed by atoms with Crippen molar-refractivity contribution in [3.05, 3.63) is 41.5 Å². The second-order valence-corrected chi connectivity index (χ2v) is 9.19. The summed E-state index contributed by atoms with van der Waals surface area (Å²) in [6, 6.07) is 10.8. The number of H-pyrrole nitrogens is 1. The summed E-state index contributed by atoms with van der Waals surface area (Å²) in [5, 5.41) is 13.4. The van der Waals surface area contributed by atoms with Crippen molar-refractivity contribution in [2.75, 3.05) is 0 Å². The lowest BCUT2D eigenvalue weighted by molar-refractivity contribution is -0.0656. The second-order valence-electron chi connectivity index (χ2n) is 9.19. The van der Waals surface area contributed by atoms with Gasteiger partial charge in [-0.2, -0.15) is 0 Å². The summed E-state index contributed by atoms with van der Waals surface area (Å²) < 4.78 is 6.58. The highest BCUT2D eigenvalue weighted by Gasteiger charge is 2.50. The summed E-state index contributed by atoms with van der Waals surface area (Å²) in [6.45, 7) is 8.32. The summed E-state index contributed by atoms with van der Waals surface area (Å²) in [4.78, 5) is 3.66. The molecule has 26 heavy (non-hydrogen) atoms. The van der Waals surface area contributed by atoms with Crippen LogP contribution < -0.4 is 4.74 Å². The van der Waals surface area contributed by atoms with E-state index in [1.165, 1.54) is 32.9 Å². The first-order valence-corrected chi connectivity index (χ1v) is 9.72. The fourth-order valence-corrected chi connectivity index (χ4v) is 5.48. The number of hydrogen-bond acceptors (Lipinski definition) is 2. The number of aromatic amines is 1. The van der Waals surface area contributed by atoms with Crippen LogP contribution in [0.5, 0.6) is 5.75 Å². The molecule has 3 heteroatoms. The maximum atomic E-state index is 10.9. The summed E-state index contributed by atoms with van der Waals surface area (Å²) in [6.07, 6.45) is 2.98. The normalized spacial score (nSPS) is 28.2. The third kappa shape index (κ3) is 2.16. The first-order valence-electron chi connectivity index (χ1n) is 9.72. The molecule has 2 heterocycles. The van der Waals surface area contributed by atoms with Gasteiger partial charge < -0.3 is 14.8 Å². The van der Waals surface area contributed by atoms with Crippen molar-refractivity contribution in [1.82, 2.24) is 4.98 Å². The Morgan fingerprint density at radius 1 is 1.23 bits per heavy atom. The Balaban J connectivity index is 1.85. The average Bonchev–Trinajstić information content (AvgIpc) is 2.92. The predicted molar refractivity (Wildman–Crippen MR) is 106 cm³/mol. The Hall–Kier alpha value is -2.00. The average molecular weight is 349 g/mol. The van der Waals surface area contributed by atoms with E-state index >= 15 is 0 Å². The number of aliphatic hydroxyl groups is 1. The van der Waals surface area contributed by atoms with E-state index in [0.717, 1.165) is 25.0 Å². The van der Waals surface area contributed by atoms with Crippen LogP contribution in [0.25, 0.3) is 21.8 Å². The molecular weight excluding hydrogens is 322 g/mol. The fourth-order valence-electron chi connectivity index (χ4n) is 5.48. The van der Waals surface area contributed by atoms with Gasteiger partial charge in [0.05, 0.1) is 11.1 Å². The number of para-hydroxylation sites is 1. The fraction of sp³-hybridized carbons (Fsp3) is 0.478. The van der Waals surface area contributed by atoms with Crippen LogP contribution in [0.1, 0.15) is 57.1 Å². The first kappa shape index (κ1) is 16.2. The molecule has 1 aliphatic heterocycles. The molecule has 0 amide bonds. The van der Waals surface area contributed by atoms with Gasteiger partial charge in [0.2, 0.25) is 0 Å². The minimum absolute atomic E-state index is 0.121. The smallest absolute Gasteiger partial charge is 0.128 e. The van der Waals surface area contributed by atoms with Crippen molar-refractivity contribution in [3.8, 4) is 5.75 Å². The monoisotopic (exact) mass is 349 g/mol. The molecule has 2 aliphatic rings. The van der Waals surface area contributed by atoms with Gasteiger partial charge in [0.1, 0.15) is 11.4 Å². The van der Waals surface area contributed by atoms with Crippen LogP contribution in [-0.4, -0.2) is 21.3 Å². The summed E-state index contributed by atoms with van der Waals surface area (Å²) in [7, 11) is 0. The number of rotatable bonds is 1. The molecule has 136 valence electrons. The molecule has 1 aromatic heterocycles. The molecule has 2 N–H and O–H groups in total. The molecule has 1 saturated carbocycles. The van der Waals surface area contributed by atoms with Crippen molar-refractivity contribution >= 4 is 21.8 Å². The molecule has 1 aliphatic carbocycles. The maximum absolute atomic E-state index is 10.9. The highest BCUT2D eigenvalue weighted by atomic mass is 16.5. The van der Waals surface area contributed by atoms with Crippen LogP contribution in [0.4, 0.5) is 0 Å². The summed E-state index contributed by atoms with van der Waals surface area (Å²) in [5.41, 5.74) is 4.02. The Kier molecular flexibility index (Phi) is 3.14. The van der Waals surface area contributed by atoms with E-state index in [-0.39, 0.29) is 11.5 Å². The minimum Gasteiger partial charge on any atom is -0.487 e. The van der Waals surface area contributed by atoms with Crippen LogP contribution in [0, 0.1) is 12.8 Å². The molecule has 0 spiro atoms. The predicted octanol–water partition coefficient (Wildman–Crippen LogP) is 5.44. The van der Waals surface area contributed by atoms with Gasteiger partial charge >= 0.3 is 0 Å². The van der Waals surface area contributed by atoms with Crippen molar-refractivity contribution in [2.24, 2.45) is 5.92 Å². The zero-order valence-corrected chi connectivity index (χ0v) is 16.0. The Bertz CT molecular complexity index is 1030. The van der Waals surface area contributed by atoms with Crippen LogP contribution in [-0.2, 0) is 0 Å². The quantitative estimate of drug-likeness (QED) is 0.615. The Labute approximate surface area is 154 Å². The zero-order valence-electron chi connectivity index (χ0n) is 16.0. The van der Waals surface area contributed by atoms with Gasteiger partial charge in [-0.05, 0) is 76.5 Å². The lowest BCUT2D eigenvalue weighted by Gasteiger charge is -2.51. The van der Waals surface area contributed by atoms with E-state index in [1.54, 1.807) is 0 Å². The van der Waals surface area contributed by atoms with E-state index in [0.29, 0.717) is 5.92 Å². The van der Waals surface area contributed by atoms with Crippen LogP contribution in [0.15, 0.2) is 30.3 Å². The first-order chi connectivity index (χ1) is 12.3. The summed E-state index contributed by atoms with van der Waals surface area (Å²) >= 11 is 0. The lowest BCUT2D eigenvalue weighted by atomic mass is 9.62. The summed E-state index contributed by atoms with van der Waals surface area (Å²) in [5.74, 6) is 1.60. The number of ether oxygens (including phenoxy) is 1. The highest BCUT2D eigenvalue weighted by Crippen LogP contribution is 2.56. The van der Waals surface area contributed by atoms with E-state index in [2.05, 4.69) is 49.2 Å². The van der Waals surface area contributed by atoms with Gasteiger partial charge in [-0.25, -0.2) is 0 Å². The van der Waals surface area contributed by atoms with Gasteiger partial charge in [0.25, 0.3) is 0 Å². The Morgan fingerprint density at radius 3 is 2.77 bits per heavy atom. The van der Waals surface area contributed by atoms with Gasteiger partial charge in [-0.1, -0.05) is 18.2 Å². The van der Waals surface area contributed by atoms with E-state index in [1.807, 2.05) is 13.8 Å². The number of hydrogen-bond donors (Lipinski definition) is 2. The van der Waals surface area contributed by atoms with Crippen molar-refractivity contribution in [1.29, 1.82) is 0 Å². The van der Waals surface area contributed by atoms with Crippen LogP contribution in [0.2, 0.25) is 0 Å². The molecule has 2 aromatic carbocycles. The van der Waals surface area contributed by atoms with Crippen molar-refractivity contribution in [3.63, 3.8) is 0 Å². The van der Waals surface area contributed by atoms with E-state index in [4.69, 9.17) is 4.74 Å². The number of aryl methyl sites for hydroxylation is 1. The van der Waals surface area contributed by atoms with Gasteiger partial charge in [-0.15, -0.1) is 0 Å². The molecule has 2 bridgehead atoms. The molecular formula is C23H27NO2. The molecule has 3 atom stereocenters. The standard InChI is InChI=1S/C23H27NO2/c1-13-11-15-14-7-5-6-8-18(14)24-20(15)19-16-12-23(4,26-21(13)19)10-9-17(16)22(2,3)25/h5-8,11,16-17,24-25H,9-10,12H2,1-4H3. The molecule has 3 aromatic rings. The number of nitrogens with one attached hydrogen (secondary N) is 1. The molecule has 3 unspecified atom stereocenters. The van der Waals surface area contributed by atoms with Gasteiger partial charge in [0.15, 0.2) is 0 Å². The third-order valence-corrected chi connectivity index (χ3v) is 6.73. The molecule has 5 rings (SSSR count). The van der Waals surface area contributed by atoms with E-state index in [9.17, 15) is 5.11 Å². The number of benzene rings is 2. The Morgan fingerprint density at radius 2 is 2.00 bits per heavy atom. The third-order valence-electron chi connectivity index (χ3n) is 6.73. The largest absolute Gasteiger partial charge is 0.487 e. The maximum Gasteiger partial charge on any atom is 0.128 e. The lowest BCUT2D eigenvalue weighted by Crippen LogP contribution is -2.49. The van der Waals surface area contributed by atoms with Crippen LogP contribution in [0.3, 0.4) is 0 Å². The van der Waals surface area contributed by atoms with E-state index < -0.39 is 5.60 Å². The second kappa shape index (κ2) is 5.04. The topological polar surface area (TPSA) is 45.2 Å². The van der Waals surface area contributed by atoms with Gasteiger partial charge in [0, 0.05) is 21.9 Å². The number of fused-ring (bicyclic) bond motifs is 8. The molecule has 3 nitrogen and oxygen atoms in total. The van der Waals surface area contributed by atoms with Gasteiger partial charge in [-0.3, -0.25) is 0 Å². The minimum atomic E-state index is -0.692. The molecule has 0 radical (unpaired) electrons. The SMILES string of the molecule is Cc1cc2c([nH]c3ccccc32)c2c1OC1(C)CCC(C(C)(C)O)C2C1. The highest BCUT2D eigenvalue weighted by molar-refractivity contribution is 6.09.